The fourth-order valence-electron chi connectivity index (χ4n) is 5.51. The summed E-state index contributed by atoms with van der Waals surface area (Å²) in [5.41, 5.74) is 2.75. The summed E-state index contributed by atoms with van der Waals surface area (Å²) in [6, 6.07) is 10.5. The summed E-state index contributed by atoms with van der Waals surface area (Å²) in [4.78, 5) is 10.3. The van der Waals surface area contributed by atoms with Crippen LogP contribution in [0.1, 0.15) is 46.1 Å². The van der Waals surface area contributed by atoms with Crippen molar-refractivity contribution in [2.75, 3.05) is 77.0 Å². The molecule has 1 N–H and O–H groups in total. The molecule has 0 atom stereocenters. The molecule has 34 heavy (non-hydrogen) atoms. The van der Waals surface area contributed by atoms with Crippen LogP contribution in [0.3, 0.4) is 0 Å². The lowest BCUT2D eigenvalue weighted by molar-refractivity contribution is -0.0283. The Balaban J connectivity index is 1.05. The van der Waals surface area contributed by atoms with Gasteiger partial charge in [0.15, 0.2) is 0 Å². The number of ether oxygens (including phenoxy) is 1. The molecule has 0 spiro atoms. The van der Waals surface area contributed by atoms with Gasteiger partial charge in [-0.2, -0.15) is 0 Å². The first kappa shape index (κ1) is 25.9. The average molecular weight is 472 g/mol. The Labute approximate surface area is 208 Å². The largest absolute Gasteiger partial charge is 0.377 e. The van der Waals surface area contributed by atoms with Gasteiger partial charge in [-0.15, -0.1) is 0 Å². The van der Waals surface area contributed by atoms with Crippen molar-refractivity contribution in [2.45, 2.75) is 65.3 Å². The van der Waals surface area contributed by atoms with E-state index in [9.17, 15) is 0 Å². The molecule has 2 saturated heterocycles. The molecule has 192 valence electrons. The summed E-state index contributed by atoms with van der Waals surface area (Å²) in [7, 11) is 0. The van der Waals surface area contributed by atoms with Gasteiger partial charge in [0.1, 0.15) is 0 Å². The highest BCUT2D eigenvalue weighted by Crippen LogP contribution is 2.24. The van der Waals surface area contributed by atoms with E-state index >= 15 is 0 Å². The van der Waals surface area contributed by atoms with Gasteiger partial charge in [0.2, 0.25) is 0 Å². The van der Waals surface area contributed by atoms with Crippen LogP contribution in [0.2, 0.25) is 0 Å². The summed E-state index contributed by atoms with van der Waals surface area (Å²) in [5, 5.41) is 3.73. The number of rotatable bonds is 11. The molecule has 0 unspecified atom stereocenters. The molecular weight excluding hydrogens is 422 g/mol. The average Bonchev–Trinajstić information content (AvgIpc) is 2.81. The number of benzene rings is 1. The number of hydrogen-bond acceptors (Lipinski definition) is 6. The van der Waals surface area contributed by atoms with Crippen molar-refractivity contribution < 1.29 is 4.74 Å². The first-order valence-electron chi connectivity index (χ1n) is 13.8. The first-order chi connectivity index (χ1) is 16.5. The summed E-state index contributed by atoms with van der Waals surface area (Å²) < 4.78 is 6.16. The van der Waals surface area contributed by atoms with Crippen LogP contribution in [-0.2, 0) is 11.3 Å². The fourth-order valence-corrected chi connectivity index (χ4v) is 5.51. The molecule has 2 aliphatic heterocycles. The fraction of sp³-hybridized carbons (Fsp3) is 0.786. The molecule has 3 aliphatic rings. The molecule has 6 heteroatoms. The van der Waals surface area contributed by atoms with Crippen LogP contribution in [0, 0.1) is 5.92 Å². The lowest BCUT2D eigenvalue weighted by atomic mass is 9.89. The van der Waals surface area contributed by atoms with Crippen molar-refractivity contribution >= 4 is 5.69 Å². The van der Waals surface area contributed by atoms with E-state index in [0.29, 0.717) is 18.2 Å². The molecule has 4 rings (SSSR count). The van der Waals surface area contributed by atoms with Gasteiger partial charge in [0.05, 0.1) is 12.7 Å². The van der Waals surface area contributed by atoms with E-state index in [-0.39, 0.29) is 0 Å². The molecule has 1 aliphatic carbocycles. The minimum absolute atomic E-state index is 0.451. The predicted molar refractivity (Wildman–Crippen MR) is 143 cm³/mol. The van der Waals surface area contributed by atoms with Gasteiger partial charge in [0, 0.05) is 89.8 Å². The third-order valence-electron chi connectivity index (χ3n) is 7.89. The van der Waals surface area contributed by atoms with E-state index in [0.717, 1.165) is 51.5 Å². The Morgan fingerprint density at radius 3 is 2.12 bits per heavy atom. The molecule has 6 nitrogen and oxygen atoms in total. The molecule has 1 aromatic rings. The van der Waals surface area contributed by atoms with Crippen LogP contribution < -0.4 is 10.2 Å². The van der Waals surface area contributed by atoms with E-state index in [4.69, 9.17) is 4.74 Å². The van der Waals surface area contributed by atoms with Gasteiger partial charge in [0.25, 0.3) is 0 Å². The second-order valence-corrected chi connectivity index (χ2v) is 11.4. The minimum atomic E-state index is 0.451. The van der Waals surface area contributed by atoms with Crippen molar-refractivity contribution in [3.8, 4) is 0 Å². The van der Waals surface area contributed by atoms with Gasteiger partial charge in [-0.25, -0.2) is 0 Å². The number of piperazine rings is 2. The van der Waals surface area contributed by atoms with Crippen molar-refractivity contribution in [2.24, 2.45) is 5.92 Å². The SMILES string of the molecule is CC(C)CN1CCN(CCO[C@H]2C[C@H](NCc3ccc(N4CCN(C(C)C)CC4)cc3)C2)CC1. The molecule has 2 heterocycles. The number of nitrogens with one attached hydrogen (secondary N) is 1. The van der Waals surface area contributed by atoms with Crippen LogP contribution in [0.15, 0.2) is 24.3 Å². The number of anilines is 1. The topological polar surface area (TPSA) is 34.2 Å². The van der Waals surface area contributed by atoms with Crippen LogP contribution in [-0.4, -0.2) is 105 Å². The maximum atomic E-state index is 6.16. The summed E-state index contributed by atoms with van der Waals surface area (Å²) in [5.74, 6) is 0.769. The van der Waals surface area contributed by atoms with E-state index in [2.05, 4.69) is 76.9 Å². The number of hydrogen-bond donors (Lipinski definition) is 1. The van der Waals surface area contributed by atoms with Gasteiger partial charge in [-0.05, 0) is 50.3 Å². The third-order valence-corrected chi connectivity index (χ3v) is 7.89. The lowest BCUT2D eigenvalue weighted by Crippen LogP contribution is -2.49. The van der Waals surface area contributed by atoms with Gasteiger partial charge in [-0.3, -0.25) is 9.80 Å². The second-order valence-electron chi connectivity index (χ2n) is 11.4. The quantitative estimate of drug-likeness (QED) is 0.534. The van der Waals surface area contributed by atoms with E-state index < -0.39 is 0 Å². The van der Waals surface area contributed by atoms with Crippen molar-refractivity contribution in [1.29, 1.82) is 0 Å². The summed E-state index contributed by atoms with van der Waals surface area (Å²) in [6.07, 6.45) is 2.76. The molecule has 1 saturated carbocycles. The first-order valence-corrected chi connectivity index (χ1v) is 13.8. The van der Waals surface area contributed by atoms with Gasteiger partial charge < -0.3 is 19.9 Å². The second kappa shape index (κ2) is 12.7. The zero-order valence-electron chi connectivity index (χ0n) is 22.2. The monoisotopic (exact) mass is 471 g/mol. The summed E-state index contributed by atoms with van der Waals surface area (Å²) >= 11 is 0. The van der Waals surface area contributed by atoms with Gasteiger partial charge in [-0.1, -0.05) is 26.0 Å². The minimum Gasteiger partial charge on any atom is -0.377 e. The standard InChI is InChI=1S/C28H49N5O/c1-23(2)22-31-11-9-30(10-12-31)17-18-34-28-19-26(20-28)29-21-25-5-7-27(8-6-25)33-15-13-32(14-16-33)24(3)4/h5-8,23-24,26,28-29H,9-22H2,1-4H3/t26-,28-. The predicted octanol–water partition coefficient (Wildman–Crippen LogP) is 3.13. The smallest absolute Gasteiger partial charge is 0.0605 e. The number of nitrogens with zero attached hydrogens (tertiary/aromatic N) is 4. The maximum Gasteiger partial charge on any atom is 0.0605 e. The van der Waals surface area contributed by atoms with Crippen molar-refractivity contribution in [1.82, 2.24) is 20.0 Å². The maximum absolute atomic E-state index is 6.16. The Bertz CT molecular complexity index is 702. The van der Waals surface area contributed by atoms with Crippen LogP contribution in [0.5, 0.6) is 0 Å². The Kier molecular flexibility index (Phi) is 9.66. The zero-order chi connectivity index (χ0) is 23.9. The summed E-state index contributed by atoms with van der Waals surface area (Å²) in [6.45, 7) is 22.8. The Morgan fingerprint density at radius 1 is 0.853 bits per heavy atom. The van der Waals surface area contributed by atoms with Crippen molar-refractivity contribution in [3.63, 3.8) is 0 Å². The zero-order valence-corrected chi connectivity index (χ0v) is 22.2. The van der Waals surface area contributed by atoms with Crippen molar-refractivity contribution in [3.05, 3.63) is 29.8 Å². The molecule has 0 aromatic heterocycles. The van der Waals surface area contributed by atoms with Crippen LogP contribution >= 0.6 is 0 Å². The molecule has 3 fully saturated rings. The molecule has 1 aromatic carbocycles. The van der Waals surface area contributed by atoms with Crippen LogP contribution in [0.25, 0.3) is 0 Å². The normalized spacial score (nSPS) is 25.3. The molecule has 0 bridgehead atoms. The Morgan fingerprint density at radius 2 is 1.50 bits per heavy atom. The van der Waals surface area contributed by atoms with Crippen LogP contribution in [0.4, 0.5) is 5.69 Å². The highest BCUT2D eigenvalue weighted by molar-refractivity contribution is 5.48. The highest BCUT2D eigenvalue weighted by atomic mass is 16.5. The van der Waals surface area contributed by atoms with Gasteiger partial charge >= 0.3 is 0 Å². The highest BCUT2D eigenvalue weighted by Gasteiger charge is 2.29. The molecule has 0 radical (unpaired) electrons. The van der Waals surface area contributed by atoms with E-state index in [1.807, 2.05) is 0 Å². The third kappa shape index (κ3) is 7.66. The van der Waals surface area contributed by atoms with E-state index in [1.165, 1.54) is 57.1 Å². The Hall–Kier alpha value is -1.18. The van der Waals surface area contributed by atoms with E-state index in [1.54, 1.807) is 0 Å². The lowest BCUT2D eigenvalue weighted by Gasteiger charge is -2.38. The molecule has 0 amide bonds. The molecular formula is C28H49N5O.